The van der Waals surface area contributed by atoms with Crippen LogP contribution in [0, 0.1) is 0 Å². The van der Waals surface area contributed by atoms with Gasteiger partial charge in [-0.1, -0.05) is 38.1 Å². The first-order valence-electron chi connectivity index (χ1n) is 12.1. The molecule has 0 atom stereocenters. The van der Waals surface area contributed by atoms with E-state index in [4.69, 9.17) is 9.47 Å². The molecule has 0 aliphatic rings. The third kappa shape index (κ3) is 14.8. The molecule has 0 aliphatic carbocycles. The summed E-state index contributed by atoms with van der Waals surface area (Å²) >= 11 is 0. The van der Waals surface area contributed by atoms with E-state index in [-0.39, 0.29) is 83.5 Å². The van der Waals surface area contributed by atoms with E-state index in [9.17, 15) is 25.9 Å². The maximum Gasteiger partial charge on any atom is 1.00 e. The zero-order valence-corrected chi connectivity index (χ0v) is 28.4. The third-order valence-electron chi connectivity index (χ3n) is 5.59. The minimum atomic E-state index is -4.18. The van der Waals surface area contributed by atoms with E-state index in [1.165, 1.54) is 11.1 Å². The number of rotatable bonds is 16. The largest absolute Gasteiger partial charge is 1.00 e. The predicted molar refractivity (Wildman–Crippen MR) is 139 cm³/mol. The molecule has 200 valence electrons. The normalized spacial score (nSPS) is 12.1. The molecule has 0 saturated heterocycles. The van der Waals surface area contributed by atoms with E-state index in [0.29, 0.717) is 37.6 Å². The zero-order valence-electron chi connectivity index (χ0n) is 22.8. The van der Waals surface area contributed by atoms with Crippen molar-refractivity contribution in [1.82, 2.24) is 0 Å². The molecule has 8 nitrogen and oxygen atoms in total. The fourth-order valence-corrected chi connectivity index (χ4v) is 4.95. The summed E-state index contributed by atoms with van der Waals surface area (Å²) in [6.07, 6.45) is 3.22. The topological polar surface area (TPSA) is 133 Å². The van der Waals surface area contributed by atoms with Crippen molar-refractivity contribution in [2.45, 2.75) is 52.4 Å². The van der Waals surface area contributed by atoms with Crippen molar-refractivity contribution >= 4 is 31.4 Å². The second-order valence-corrected chi connectivity index (χ2v) is 11.4. The molecule has 38 heavy (non-hydrogen) atoms. The molecule has 0 spiro atoms. The second kappa shape index (κ2) is 18.9. The summed E-state index contributed by atoms with van der Waals surface area (Å²) in [5.41, 5.74) is 4.62. The van der Waals surface area contributed by atoms with Crippen LogP contribution in [0.2, 0.25) is 0 Å². The molecule has 0 bridgehead atoms. The average molecular weight is 585 g/mol. The minimum Gasteiger partial charge on any atom is -0.748 e. The Morgan fingerprint density at radius 1 is 0.605 bits per heavy atom. The van der Waals surface area contributed by atoms with Gasteiger partial charge >= 0.3 is 59.1 Å². The van der Waals surface area contributed by atoms with E-state index < -0.39 is 20.2 Å². The number of hydrogen-bond donors (Lipinski definition) is 0. The molecule has 2 aromatic carbocycles. The van der Waals surface area contributed by atoms with Gasteiger partial charge in [-0.05, 0) is 85.1 Å². The van der Waals surface area contributed by atoms with Gasteiger partial charge in [0, 0.05) is 11.5 Å². The third-order valence-corrected chi connectivity index (χ3v) is 7.17. The van der Waals surface area contributed by atoms with Crippen LogP contribution in [-0.2, 0) is 20.2 Å². The summed E-state index contributed by atoms with van der Waals surface area (Å²) in [6, 6.07) is 15.6. The SMILES string of the molecule is CC/C(=C(/CC)c1ccc(OCCCCS(=O)(=O)[O-])cc1)c1ccc(OCCCCS(=O)(=O)[O-])cc1.[Na+].[Na+]. The second-order valence-electron chi connectivity index (χ2n) is 8.35. The summed E-state index contributed by atoms with van der Waals surface area (Å²) in [4.78, 5) is 0. The molecule has 0 unspecified atom stereocenters. The first kappa shape index (κ1) is 37.6. The molecule has 0 saturated carbocycles. The smallest absolute Gasteiger partial charge is 0.748 e. The van der Waals surface area contributed by atoms with Crippen LogP contribution in [0.4, 0.5) is 0 Å². The first-order valence-corrected chi connectivity index (χ1v) is 15.2. The Balaban J connectivity index is 0.00000684. The monoisotopic (exact) mass is 584 g/mol. The Morgan fingerprint density at radius 2 is 0.921 bits per heavy atom. The Morgan fingerprint density at radius 3 is 1.18 bits per heavy atom. The van der Waals surface area contributed by atoms with Crippen LogP contribution in [0.1, 0.15) is 63.5 Å². The number of benzene rings is 2. The fourth-order valence-electron chi connectivity index (χ4n) is 3.83. The molecule has 12 heteroatoms. The predicted octanol–water partition coefficient (Wildman–Crippen LogP) is -1.17. The van der Waals surface area contributed by atoms with Crippen molar-refractivity contribution in [2.75, 3.05) is 24.7 Å². The van der Waals surface area contributed by atoms with Crippen LogP contribution in [0.5, 0.6) is 11.5 Å². The van der Waals surface area contributed by atoms with Crippen molar-refractivity contribution < 1.29 is 94.5 Å². The van der Waals surface area contributed by atoms with Crippen molar-refractivity contribution in [3.8, 4) is 11.5 Å². The summed E-state index contributed by atoms with van der Waals surface area (Å²) in [7, 11) is -8.36. The van der Waals surface area contributed by atoms with Gasteiger partial charge in [0.25, 0.3) is 0 Å². The quantitative estimate of drug-likeness (QED) is 0.104. The van der Waals surface area contributed by atoms with Gasteiger partial charge in [0.1, 0.15) is 11.5 Å². The average Bonchev–Trinajstić information content (AvgIpc) is 2.82. The summed E-state index contributed by atoms with van der Waals surface area (Å²) < 4.78 is 75.2. The molecule has 0 heterocycles. The van der Waals surface area contributed by atoms with Crippen LogP contribution in [0.25, 0.3) is 11.1 Å². The molecule has 0 N–H and O–H groups in total. The van der Waals surface area contributed by atoms with Gasteiger partial charge in [0.15, 0.2) is 0 Å². The van der Waals surface area contributed by atoms with Crippen LogP contribution in [0.15, 0.2) is 48.5 Å². The van der Waals surface area contributed by atoms with Gasteiger partial charge in [-0.25, -0.2) is 16.8 Å². The van der Waals surface area contributed by atoms with Gasteiger partial charge < -0.3 is 18.6 Å². The summed E-state index contributed by atoms with van der Waals surface area (Å²) in [5, 5.41) is 0. The Labute approximate surface area is 271 Å². The molecule has 0 radical (unpaired) electrons. The molecule has 2 aromatic rings. The van der Waals surface area contributed by atoms with Gasteiger partial charge in [0.2, 0.25) is 0 Å². The van der Waals surface area contributed by atoms with Crippen LogP contribution in [-0.4, -0.2) is 50.7 Å². The standard InChI is InChI=1S/C26H36O8S2.2Na/c1-3-25(21-9-13-23(14-10-21)33-17-5-7-19-35(27,28)29)26(4-2)22-11-15-24(16-12-22)34-18-6-8-20-36(30,31)32;;/h9-16H,3-8,17-20H2,1-2H3,(H,27,28,29)(H,30,31,32);;/q;2*+1/p-2/b26-25+;;. The minimum absolute atomic E-state index is 0. The van der Waals surface area contributed by atoms with Gasteiger partial charge in [-0.15, -0.1) is 0 Å². The zero-order chi connectivity index (χ0) is 26.6. The number of hydrogen-bond acceptors (Lipinski definition) is 8. The van der Waals surface area contributed by atoms with Gasteiger partial charge in [-0.3, -0.25) is 0 Å². The molecular formula is C26H34Na2O8S2. The van der Waals surface area contributed by atoms with Crippen molar-refractivity contribution in [1.29, 1.82) is 0 Å². The van der Waals surface area contributed by atoms with E-state index in [0.717, 1.165) is 24.0 Å². The van der Waals surface area contributed by atoms with Gasteiger partial charge in [0.05, 0.1) is 33.5 Å². The van der Waals surface area contributed by atoms with Crippen LogP contribution in [0.3, 0.4) is 0 Å². The molecule has 0 fully saturated rings. The van der Waals surface area contributed by atoms with E-state index in [2.05, 4.69) is 13.8 Å². The number of allylic oxidation sites excluding steroid dienone is 2. The Bertz CT molecular complexity index is 1100. The number of ether oxygens (including phenoxy) is 2. The molecular weight excluding hydrogens is 550 g/mol. The van der Waals surface area contributed by atoms with Crippen LogP contribution < -0.4 is 68.6 Å². The Kier molecular flexibility index (Phi) is 18.7. The molecule has 0 aromatic heterocycles. The maximum atomic E-state index is 10.7. The van der Waals surface area contributed by atoms with Crippen molar-refractivity contribution in [2.24, 2.45) is 0 Å². The van der Waals surface area contributed by atoms with E-state index in [1.54, 1.807) is 0 Å². The number of unbranched alkanes of at least 4 members (excludes halogenated alkanes) is 2. The van der Waals surface area contributed by atoms with Crippen molar-refractivity contribution in [3.05, 3.63) is 59.7 Å². The van der Waals surface area contributed by atoms with E-state index in [1.807, 2.05) is 48.5 Å². The van der Waals surface area contributed by atoms with Crippen molar-refractivity contribution in [3.63, 3.8) is 0 Å². The molecule has 0 amide bonds. The van der Waals surface area contributed by atoms with Crippen LogP contribution >= 0.6 is 0 Å². The van der Waals surface area contributed by atoms with Gasteiger partial charge in [-0.2, -0.15) is 0 Å². The van der Waals surface area contributed by atoms with E-state index >= 15 is 0 Å². The maximum absolute atomic E-state index is 10.7. The Hall–Kier alpha value is -0.400. The fraction of sp³-hybridized carbons (Fsp3) is 0.462. The summed E-state index contributed by atoms with van der Waals surface area (Å²) in [5.74, 6) is 0.627. The summed E-state index contributed by atoms with van der Waals surface area (Å²) in [6.45, 7) is 4.91. The molecule has 2 rings (SSSR count). The first-order chi connectivity index (χ1) is 17.0. The molecule has 0 aliphatic heterocycles.